The van der Waals surface area contributed by atoms with Crippen molar-refractivity contribution in [3.63, 3.8) is 0 Å². The van der Waals surface area contributed by atoms with Crippen LogP contribution in [-0.4, -0.2) is 39.7 Å². The summed E-state index contributed by atoms with van der Waals surface area (Å²) >= 11 is 5.66. The fraction of sp³-hybridized carbons (Fsp3) is 0.214. The van der Waals surface area contributed by atoms with Gasteiger partial charge >= 0.3 is 5.88 Å². The Morgan fingerprint density at radius 1 is 1.33 bits per heavy atom. The molecule has 3 rings (SSSR count). The van der Waals surface area contributed by atoms with E-state index in [1.54, 1.807) is 12.1 Å². The topological polar surface area (TPSA) is 119 Å². The van der Waals surface area contributed by atoms with Crippen molar-refractivity contribution in [2.75, 3.05) is 18.4 Å². The highest BCUT2D eigenvalue weighted by molar-refractivity contribution is 6.29. The van der Waals surface area contributed by atoms with Crippen molar-refractivity contribution in [1.29, 1.82) is 0 Å². The number of likely N-dealkylation sites (tertiary alicyclic amines) is 1. The number of pyridine rings is 1. The van der Waals surface area contributed by atoms with Gasteiger partial charge in [0.05, 0.1) is 23.9 Å². The Kier molecular flexibility index (Phi) is 4.17. The molecule has 1 saturated heterocycles. The lowest BCUT2D eigenvalue weighted by molar-refractivity contribution is -0.402. The van der Waals surface area contributed by atoms with Crippen LogP contribution in [0.25, 0.3) is 0 Å². The van der Waals surface area contributed by atoms with Crippen LogP contribution < -0.4 is 5.32 Å². The summed E-state index contributed by atoms with van der Waals surface area (Å²) in [5.41, 5.74) is 0.510. The molecule has 0 atom stereocenters. The molecular formula is C14H11ClN4O5. The van der Waals surface area contributed by atoms with E-state index < -0.39 is 16.7 Å². The third-order valence-corrected chi connectivity index (χ3v) is 3.74. The molecule has 1 fully saturated rings. The van der Waals surface area contributed by atoms with Crippen molar-refractivity contribution in [2.45, 2.75) is 0 Å². The number of aromatic nitrogens is 1. The molecule has 0 aromatic carbocycles. The van der Waals surface area contributed by atoms with Crippen molar-refractivity contribution < 1.29 is 18.9 Å². The van der Waals surface area contributed by atoms with Crippen LogP contribution in [0.4, 0.5) is 11.6 Å². The third-order valence-electron chi connectivity index (χ3n) is 3.52. The number of carbonyl (C=O) groups excluding carboxylic acids is 2. The standard InChI is InChI=1S/C14H11ClN4O5/c15-11-3-1-9(5-16-11)17-13(20)8-6-18(7-8)14(21)10-2-4-12(24-10)19(22)23/h1-5,8H,6-7H2,(H,17,20). The lowest BCUT2D eigenvalue weighted by Gasteiger charge is -2.37. The van der Waals surface area contributed by atoms with E-state index in [2.05, 4.69) is 10.3 Å². The Hall–Kier alpha value is -2.94. The Morgan fingerprint density at radius 3 is 2.67 bits per heavy atom. The predicted molar refractivity (Wildman–Crippen MR) is 82.6 cm³/mol. The minimum Gasteiger partial charge on any atom is -0.395 e. The number of anilines is 1. The highest BCUT2D eigenvalue weighted by Gasteiger charge is 2.37. The van der Waals surface area contributed by atoms with Crippen LogP contribution in [0.2, 0.25) is 5.15 Å². The molecule has 0 aliphatic carbocycles. The van der Waals surface area contributed by atoms with Gasteiger partial charge in [0.1, 0.15) is 10.1 Å². The fourth-order valence-corrected chi connectivity index (χ4v) is 2.31. The molecule has 2 aromatic rings. The van der Waals surface area contributed by atoms with Gasteiger partial charge in [-0.2, -0.15) is 0 Å². The monoisotopic (exact) mass is 350 g/mol. The third kappa shape index (κ3) is 3.20. The van der Waals surface area contributed by atoms with E-state index in [0.29, 0.717) is 10.8 Å². The molecule has 1 N–H and O–H groups in total. The maximum absolute atomic E-state index is 12.1. The molecule has 2 aromatic heterocycles. The van der Waals surface area contributed by atoms with Gasteiger partial charge in [0.25, 0.3) is 5.91 Å². The van der Waals surface area contributed by atoms with Crippen molar-refractivity contribution in [3.8, 4) is 0 Å². The highest BCUT2D eigenvalue weighted by atomic mass is 35.5. The van der Waals surface area contributed by atoms with Gasteiger partial charge in [0.15, 0.2) is 5.76 Å². The molecule has 124 valence electrons. The van der Waals surface area contributed by atoms with E-state index in [9.17, 15) is 19.7 Å². The number of carbonyl (C=O) groups is 2. The molecule has 2 amide bonds. The first-order valence-corrected chi connectivity index (χ1v) is 7.28. The van der Waals surface area contributed by atoms with Gasteiger partial charge in [-0.15, -0.1) is 0 Å². The maximum atomic E-state index is 12.1. The van der Waals surface area contributed by atoms with Crippen LogP contribution in [-0.2, 0) is 4.79 Å². The number of nitro groups is 1. The predicted octanol–water partition coefficient (Wildman–Crippen LogP) is 1.95. The molecule has 24 heavy (non-hydrogen) atoms. The summed E-state index contributed by atoms with van der Waals surface area (Å²) in [4.78, 5) is 39.2. The molecule has 1 aliphatic rings. The number of halogens is 1. The molecular weight excluding hydrogens is 340 g/mol. The van der Waals surface area contributed by atoms with Crippen molar-refractivity contribution >= 4 is 35.0 Å². The first-order chi connectivity index (χ1) is 11.4. The summed E-state index contributed by atoms with van der Waals surface area (Å²) < 4.78 is 4.85. The summed E-state index contributed by atoms with van der Waals surface area (Å²) in [7, 11) is 0. The maximum Gasteiger partial charge on any atom is 0.433 e. The van der Waals surface area contributed by atoms with E-state index in [1.807, 2.05) is 0 Å². The van der Waals surface area contributed by atoms with E-state index in [-0.39, 0.29) is 30.7 Å². The largest absolute Gasteiger partial charge is 0.433 e. The minimum absolute atomic E-state index is 0.123. The molecule has 0 spiro atoms. The van der Waals surface area contributed by atoms with Crippen LogP contribution in [0.5, 0.6) is 0 Å². The Balaban J connectivity index is 1.54. The lowest BCUT2D eigenvalue weighted by atomic mass is 9.98. The number of hydrogen-bond donors (Lipinski definition) is 1. The van der Waals surface area contributed by atoms with Gasteiger partial charge in [-0.3, -0.25) is 19.7 Å². The first kappa shape index (κ1) is 15.9. The smallest absolute Gasteiger partial charge is 0.395 e. The van der Waals surface area contributed by atoms with Gasteiger partial charge in [0.2, 0.25) is 5.91 Å². The van der Waals surface area contributed by atoms with E-state index in [0.717, 1.165) is 6.07 Å². The summed E-state index contributed by atoms with van der Waals surface area (Å²) in [6.45, 7) is 0.417. The summed E-state index contributed by atoms with van der Waals surface area (Å²) in [6, 6.07) is 5.53. The second kappa shape index (κ2) is 6.28. The molecule has 10 heteroatoms. The number of nitrogens with one attached hydrogen (secondary N) is 1. The van der Waals surface area contributed by atoms with Crippen molar-refractivity contribution in [2.24, 2.45) is 5.92 Å². The Labute approximate surface area is 140 Å². The zero-order chi connectivity index (χ0) is 17.3. The van der Waals surface area contributed by atoms with Crippen molar-refractivity contribution in [3.05, 3.63) is 51.5 Å². The zero-order valence-electron chi connectivity index (χ0n) is 12.1. The second-order valence-electron chi connectivity index (χ2n) is 5.16. The quantitative estimate of drug-likeness (QED) is 0.511. The molecule has 0 saturated carbocycles. The number of hydrogen-bond acceptors (Lipinski definition) is 6. The van der Waals surface area contributed by atoms with E-state index in [4.69, 9.17) is 16.0 Å². The summed E-state index contributed by atoms with van der Waals surface area (Å²) in [6.07, 6.45) is 1.43. The molecule has 9 nitrogen and oxygen atoms in total. The van der Waals surface area contributed by atoms with E-state index >= 15 is 0 Å². The molecule has 0 unspecified atom stereocenters. The number of amides is 2. The SMILES string of the molecule is O=C(Nc1ccc(Cl)nc1)C1CN(C(=O)c2ccc([N+](=O)[O-])o2)C1. The van der Waals surface area contributed by atoms with Gasteiger partial charge in [-0.05, 0) is 18.2 Å². The van der Waals surface area contributed by atoms with Gasteiger partial charge in [-0.25, -0.2) is 4.98 Å². The molecule has 0 bridgehead atoms. The minimum atomic E-state index is -0.719. The Bertz CT molecular complexity index is 798. The molecule has 1 aliphatic heterocycles. The average molecular weight is 351 g/mol. The molecule has 3 heterocycles. The van der Waals surface area contributed by atoms with Gasteiger partial charge in [-0.1, -0.05) is 11.6 Å². The first-order valence-electron chi connectivity index (χ1n) is 6.90. The second-order valence-corrected chi connectivity index (χ2v) is 5.55. The Morgan fingerprint density at radius 2 is 2.08 bits per heavy atom. The average Bonchev–Trinajstić information content (AvgIpc) is 2.98. The highest BCUT2D eigenvalue weighted by Crippen LogP contribution is 2.23. The summed E-state index contributed by atoms with van der Waals surface area (Å²) in [5, 5.41) is 13.5. The van der Waals surface area contributed by atoms with Gasteiger partial charge in [0, 0.05) is 13.1 Å². The lowest BCUT2D eigenvalue weighted by Crippen LogP contribution is -2.54. The zero-order valence-corrected chi connectivity index (χ0v) is 12.9. The van der Waals surface area contributed by atoms with Crippen LogP contribution in [0.3, 0.4) is 0 Å². The number of rotatable bonds is 4. The van der Waals surface area contributed by atoms with E-state index in [1.165, 1.54) is 17.2 Å². The van der Waals surface area contributed by atoms with Crippen LogP contribution >= 0.6 is 11.6 Å². The van der Waals surface area contributed by atoms with Crippen LogP contribution in [0.15, 0.2) is 34.9 Å². The van der Waals surface area contributed by atoms with Gasteiger partial charge < -0.3 is 14.6 Å². The normalized spacial score (nSPS) is 14.1. The fourth-order valence-electron chi connectivity index (χ4n) is 2.20. The number of furan rings is 1. The van der Waals surface area contributed by atoms with Crippen LogP contribution in [0, 0.1) is 16.0 Å². The number of nitrogens with zero attached hydrogens (tertiary/aromatic N) is 3. The molecule has 0 radical (unpaired) electrons. The summed E-state index contributed by atoms with van der Waals surface area (Å²) in [5.74, 6) is -1.71. The van der Waals surface area contributed by atoms with Crippen LogP contribution in [0.1, 0.15) is 10.6 Å². The van der Waals surface area contributed by atoms with Crippen molar-refractivity contribution in [1.82, 2.24) is 9.88 Å².